The zero-order valence-electron chi connectivity index (χ0n) is 17.0. The fraction of sp³-hybridized carbons (Fsp3) is 0.261. The Hall–Kier alpha value is -3.61. The van der Waals surface area contributed by atoms with E-state index in [2.05, 4.69) is 65.7 Å². The van der Waals surface area contributed by atoms with Gasteiger partial charge in [-0.05, 0) is 18.1 Å². The first kappa shape index (κ1) is 22.7. The number of nitrogens with one attached hydrogen (secondary N) is 1. The van der Waals surface area contributed by atoms with Crippen LogP contribution >= 0.6 is 0 Å². The van der Waals surface area contributed by atoms with Gasteiger partial charge in [0.2, 0.25) is 0 Å². The lowest BCUT2D eigenvalue weighted by Crippen LogP contribution is -2.30. The summed E-state index contributed by atoms with van der Waals surface area (Å²) in [5.41, 5.74) is 3.42. The highest BCUT2D eigenvalue weighted by Crippen LogP contribution is 2.30. The highest BCUT2D eigenvalue weighted by molar-refractivity contribution is 5.89. The molecule has 1 heterocycles. The number of carbonyl (C=O) groups is 2. The van der Waals surface area contributed by atoms with Crippen LogP contribution in [0.4, 0.5) is 5.69 Å². The van der Waals surface area contributed by atoms with Gasteiger partial charge in [-0.1, -0.05) is 61.9 Å². The van der Waals surface area contributed by atoms with Crippen molar-refractivity contribution in [3.05, 3.63) is 66.7 Å². The molecule has 1 aliphatic heterocycles. The fourth-order valence-electron chi connectivity index (χ4n) is 2.89. The van der Waals surface area contributed by atoms with Crippen molar-refractivity contribution in [3.8, 4) is 11.1 Å². The average Bonchev–Trinajstić information content (AvgIpc) is 3.19. The van der Waals surface area contributed by atoms with Crippen molar-refractivity contribution in [1.29, 1.82) is 0 Å². The molecular formula is C23H27N3O4. The van der Waals surface area contributed by atoms with Gasteiger partial charge in [-0.3, -0.25) is 0 Å². The standard InChI is InChI=1S/C19H23N3.C4H4O4/c1-2-3-14-22-15-13-20-19(22)21-18-12-8-7-11-17(18)16-9-5-4-6-10-16;5-3(6)1-2-4(7)8/h4-12H,2-3,13-15H2,1H3,(H,20,21);1-2H,(H,5,6)(H,7,8). The lowest BCUT2D eigenvalue weighted by Gasteiger charge is -2.17. The minimum absolute atomic E-state index is 0.558. The third kappa shape index (κ3) is 7.43. The Balaban J connectivity index is 0.000000343. The zero-order valence-corrected chi connectivity index (χ0v) is 17.0. The molecule has 0 unspecified atom stereocenters. The lowest BCUT2D eigenvalue weighted by molar-refractivity contribution is -0.134. The maximum Gasteiger partial charge on any atom is 0.328 e. The van der Waals surface area contributed by atoms with Crippen molar-refractivity contribution in [1.82, 2.24) is 10.2 Å². The molecule has 0 atom stereocenters. The fourth-order valence-corrected chi connectivity index (χ4v) is 2.89. The molecule has 0 bridgehead atoms. The number of para-hydroxylation sites is 1. The van der Waals surface area contributed by atoms with Crippen LogP contribution in [0, 0.1) is 0 Å². The molecule has 158 valence electrons. The van der Waals surface area contributed by atoms with Crippen LogP contribution in [0.5, 0.6) is 0 Å². The Morgan fingerprint density at radius 1 is 1.03 bits per heavy atom. The van der Waals surface area contributed by atoms with E-state index in [4.69, 9.17) is 15.2 Å². The normalized spacial score (nSPS) is 14.3. The molecule has 1 saturated heterocycles. The van der Waals surface area contributed by atoms with E-state index in [0.29, 0.717) is 12.2 Å². The highest BCUT2D eigenvalue weighted by atomic mass is 16.4. The number of carboxylic acids is 2. The maximum atomic E-state index is 9.55. The number of rotatable bonds is 7. The summed E-state index contributed by atoms with van der Waals surface area (Å²) in [5.74, 6) is -1.50. The molecule has 0 saturated carbocycles. The second kappa shape index (κ2) is 12.1. The van der Waals surface area contributed by atoms with E-state index in [1.165, 1.54) is 24.0 Å². The predicted molar refractivity (Wildman–Crippen MR) is 118 cm³/mol. The monoisotopic (exact) mass is 409 g/mol. The summed E-state index contributed by atoms with van der Waals surface area (Å²) in [6, 6.07) is 18.8. The molecule has 0 aliphatic carbocycles. The van der Waals surface area contributed by atoms with Gasteiger partial charge in [0.1, 0.15) is 0 Å². The van der Waals surface area contributed by atoms with E-state index in [1.54, 1.807) is 0 Å². The second-order valence-electron chi connectivity index (χ2n) is 6.60. The van der Waals surface area contributed by atoms with Crippen LogP contribution in [0.2, 0.25) is 0 Å². The van der Waals surface area contributed by atoms with Gasteiger partial charge in [0.15, 0.2) is 5.96 Å². The van der Waals surface area contributed by atoms with Crippen LogP contribution in [-0.2, 0) is 9.59 Å². The molecule has 7 nitrogen and oxygen atoms in total. The molecule has 0 amide bonds. The number of nitrogens with zero attached hydrogens (tertiary/aromatic N) is 2. The smallest absolute Gasteiger partial charge is 0.328 e. The molecule has 0 spiro atoms. The van der Waals surface area contributed by atoms with Crippen molar-refractivity contribution in [2.75, 3.05) is 19.6 Å². The molecule has 2 aromatic carbocycles. The quantitative estimate of drug-likeness (QED) is 0.602. The van der Waals surface area contributed by atoms with Crippen molar-refractivity contribution >= 4 is 23.6 Å². The van der Waals surface area contributed by atoms with Gasteiger partial charge < -0.3 is 20.4 Å². The molecule has 1 aliphatic rings. The number of benzene rings is 2. The number of unbranched alkanes of at least 4 members (excludes halogenated alkanes) is 1. The molecule has 30 heavy (non-hydrogen) atoms. The summed E-state index contributed by atoms with van der Waals surface area (Å²) in [6.45, 7) is 5.34. The first-order chi connectivity index (χ1) is 14.5. The highest BCUT2D eigenvalue weighted by Gasteiger charge is 2.17. The molecule has 0 aromatic heterocycles. The predicted octanol–water partition coefficient (Wildman–Crippen LogP) is 3.76. The lowest BCUT2D eigenvalue weighted by atomic mass is 10.0. The number of aliphatic carboxylic acids is 2. The first-order valence-corrected chi connectivity index (χ1v) is 9.87. The van der Waals surface area contributed by atoms with E-state index >= 15 is 0 Å². The number of guanidine groups is 1. The van der Waals surface area contributed by atoms with E-state index < -0.39 is 11.9 Å². The Kier molecular flexibility index (Phi) is 9.12. The third-order valence-corrected chi connectivity index (χ3v) is 4.33. The summed E-state index contributed by atoms with van der Waals surface area (Å²) in [6.07, 6.45) is 3.54. The van der Waals surface area contributed by atoms with E-state index in [9.17, 15) is 9.59 Å². The molecule has 3 N–H and O–H groups in total. The van der Waals surface area contributed by atoms with Crippen LogP contribution < -0.4 is 5.32 Å². The van der Waals surface area contributed by atoms with Crippen molar-refractivity contribution in [3.63, 3.8) is 0 Å². The van der Waals surface area contributed by atoms with Gasteiger partial charge >= 0.3 is 11.9 Å². The average molecular weight is 409 g/mol. The Labute approximate surface area is 176 Å². The largest absolute Gasteiger partial charge is 0.478 e. The summed E-state index contributed by atoms with van der Waals surface area (Å²) >= 11 is 0. The van der Waals surface area contributed by atoms with Gasteiger partial charge in [0.25, 0.3) is 0 Å². The SMILES string of the molecule is CCCCN1CCNC1=Nc1ccccc1-c1ccccc1.O=C(O)C=CC(=O)O. The summed E-state index contributed by atoms with van der Waals surface area (Å²) in [5, 5.41) is 19.0. The van der Waals surface area contributed by atoms with Crippen LogP contribution in [-0.4, -0.2) is 52.6 Å². The number of hydrogen-bond donors (Lipinski definition) is 3. The molecule has 3 rings (SSSR count). The Morgan fingerprint density at radius 2 is 1.67 bits per heavy atom. The van der Waals surface area contributed by atoms with Gasteiger partial charge in [-0.25, -0.2) is 14.6 Å². The summed E-state index contributed by atoms with van der Waals surface area (Å²) < 4.78 is 0. The van der Waals surface area contributed by atoms with Crippen LogP contribution in [0.3, 0.4) is 0 Å². The number of carboxylic acid groups (broad SMARTS) is 2. The molecule has 2 aromatic rings. The van der Waals surface area contributed by atoms with Gasteiger partial charge in [-0.2, -0.15) is 0 Å². The van der Waals surface area contributed by atoms with Gasteiger partial charge in [0.05, 0.1) is 5.69 Å². The zero-order chi connectivity index (χ0) is 21.8. The molecule has 7 heteroatoms. The minimum Gasteiger partial charge on any atom is -0.478 e. The van der Waals surface area contributed by atoms with Crippen molar-refractivity contribution < 1.29 is 19.8 Å². The summed E-state index contributed by atoms with van der Waals surface area (Å²) in [4.78, 5) is 26.4. The van der Waals surface area contributed by atoms with Crippen LogP contribution in [0.1, 0.15) is 19.8 Å². The van der Waals surface area contributed by atoms with Crippen molar-refractivity contribution in [2.24, 2.45) is 4.99 Å². The summed E-state index contributed by atoms with van der Waals surface area (Å²) in [7, 11) is 0. The maximum absolute atomic E-state index is 9.55. The molecule has 1 fully saturated rings. The Morgan fingerprint density at radius 3 is 2.30 bits per heavy atom. The number of aliphatic imine (C=N–C) groups is 1. The third-order valence-electron chi connectivity index (χ3n) is 4.33. The van der Waals surface area contributed by atoms with Crippen LogP contribution in [0.25, 0.3) is 11.1 Å². The number of hydrogen-bond acceptors (Lipinski definition) is 3. The molecule has 0 radical (unpaired) electrons. The van der Waals surface area contributed by atoms with E-state index in [-0.39, 0.29) is 0 Å². The minimum atomic E-state index is -1.26. The van der Waals surface area contributed by atoms with Gasteiger partial charge in [0, 0.05) is 37.3 Å². The van der Waals surface area contributed by atoms with E-state index in [0.717, 1.165) is 31.3 Å². The first-order valence-electron chi connectivity index (χ1n) is 9.87. The van der Waals surface area contributed by atoms with Gasteiger partial charge in [-0.15, -0.1) is 0 Å². The second-order valence-corrected chi connectivity index (χ2v) is 6.60. The Bertz CT molecular complexity index is 878. The topological polar surface area (TPSA) is 102 Å². The molecular weight excluding hydrogens is 382 g/mol. The van der Waals surface area contributed by atoms with Crippen LogP contribution in [0.15, 0.2) is 71.7 Å². The van der Waals surface area contributed by atoms with E-state index in [1.807, 2.05) is 6.07 Å². The van der Waals surface area contributed by atoms with Crippen molar-refractivity contribution in [2.45, 2.75) is 19.8 Å².